The molecule has 0 bridgehead atoms. The van der Waals surface area contributed by atoms with Gasteiger partial charge in [-0.15, -0.1) is 0 Å². The Balaban J connectivity index is 1.55. The third kappa shape index (κ3) is 6.76. The van der Waals surface area contributed by atoms with Crippen molar-refractivity contribution < 1.29 is 4.74 Å². The van der Waals surface area contributed by atoms with Gasteiger partial charge in [0, 0.05) is 17.7 Å². The number of hydrogen-bond donors (Lipinski definition) is 0. The molecule has 0 radical (unpaired) electrons. The maximum absolute atomic E-state index is 5.85. The van der Waals surface area contributed by atoms with Gasteiger partial charge in [0.15, 0.2) is 0 Å². The van der Waals surface area contributed by atoms with E-state index >= 15 is 0 Å². The number of aryl methyl sites for hydroxylation is 1. The quantitative estimate of drug-likeness (QED) is 0.349. The van der Waals surface area contributed by atoms with Gasteiger partial charge in [0.25, 0.3) is 0 Å². The van der Waals surface area contributed by atoms with Crippen LogP contribution in [0.25, 0.3) is 5.70 Å². The normalized spacial score (nSPS) is 14.9. The van der Waals surface area contributed by atoms with Crippen LogP contribution < -0.4 is 4.74 Å². The summed E-state index contributed by atoms with van der Waals surface area (Å²) in [6, 6.07) is 16.2. The highest BCUT2D eigenvalue weighted by Gasteiger charge is 2.10. The summed E-state index contributed by atoms with van der Waals surface area (Å²) in [4.78, 5) is 6.59. The predicted octanol–water partition coefficient (Wildman–Crippen LogP) is 5.51. The number of likely N-dealkylation sites (tertiary alicyclic amines) is 1. The van der Waals surface area contributed by atoms with E-state index in [4.69, 9.17) is 4.74 Å². The Hall–Kier alpha value is -3.09. The van der Waals surface area contributed by atoms with E-state index in [1.807, 2.05) is 43.3 Å². The second kappa shape index (κ2) is 11.2. The molecular formula is C27H30N2O. The summed E-state index contributed by atoms with van der Waals surface area (Å²) in [6.45, 7) is 11.9. The van der Waals surface area contributed by atoms with E-state index in [-0.39, 0.29) is 0 Å². The summed E-state index contributed by atoms with van der Waals surface area (Å²) in [6.07, 6.45) is 6.56. The molecule has 3 rings (SSSR count). The van der Waals surface area contributed by atoms with Crippen LogP contribution >= 0.6 is 0 Å². The Morgan fingerprint density at radius 3 is 2.43 bits per heavy atom. The van der Waals surface area contributed by atoms with Gasteiger partial charge in [0.1, 0.15) is 12.4 Å². The van der Waals surface area contributed by atoms with Crippen LogP contribution in [0.2, 0.25) is 0 Å². The van der Waals surface area contributed by atoms with Crippen molar-refractivity contribution in [3.05, 3.63) is 82.9 Å². The van der Waals surface area contributed by atoms with Gasteiger partial charge in [-0.2, -0.15) is 0 Å². The number of nitrogens with zero attached hydrogens (tertiary/aromatic N) is 2. The number of rotatable bonds is 7. The molecule has 154 valence electrons. The summed E-state index contributed by atoms with van der Waals surface area (Å²) < 4.78 is 5.85. The summed E-state index contributed by atoms with van der Waals surface area (Å²) in [5, 5.41) is 0. The molecule has 0 amide bonds. The van der Waals surface area contributed by atoms with Gasteiger partial charge >= 0.3 is 0 Å². The van der Waals surface area contributed by atoms with Crippen LogP contribution in [0.15, 0.2) is 71.2 Å². The minimum atomic E-state index is 0.736. The second-order valence-corrected chi connectivity index (χ2v) is 7.60. The van der Waals surface area contributed by atoms with Crippen LogP contribution in [0.3, 0.4) is 0 Å². The van der Waals surface area contributed by atoms with E-state index in [0.717, 1.165) is 41.3 Å². The van der Waals surface area contributed by atoms with E-state index in [1.165, 1.54) is 31.5 Å². The smallest absolute Gasteiger partial charge is 0.119 e. The highest BCUT2D eigenvalue weighted by Crippen LogP contribution is 2.17. The zero-order valence-electron chi connectivity index (χ0n) is 18.0. The fraction of sp³-hybridized carbons (Fsp3) is 0.296. The molecule has 1 aliphatic heterocycles. The van der Waals surface area contributed by atoms with Crippen LogP contribution in [0.5, 0.6) is 5.75 Å². The Kier molecular flexibility index (Phi) is 8.06. The average Bonchev–Trinajstić information content (AvgIpc) is 3.28. The molecule has 2 aromatic rings. The minimum absolute atomic E-state index is 0.736. The number of hydrogen-bond acceptors (Lipinski definition) is 3. The van der Waals surface area contributed by atoms with Crippen LogP contribution in [0.4, 0.5) is 0 Å². The lowest BCUT2D eigenvalue weighted by Crippen LogP contribution is -2.25. The Morgan fingerprint density at radius 2 is 1.77 bits per heavy atom. The lowest BCUT2D eigenvalue weighted by Gasteiger charge is -2.14. The van der Waals surface area contributed by atoms with E-state index in [9.17, 15) is 0 Å². The van der Waals surface area contributed by atoms with Crippen LogP contribution in [0.1, 0.15) is 36.5 Å². The monoisotopic (exact) mass is 398 g/mol. The number of benzene rings is 2. The standard InChI is InChI=1S/C27H30N2O/c1-22(9-17-27(28-3)25-13-7-23(2)8-14-25)6-10-24-11-15-26(16-12-24)30-21-20-29-18-4-5-19-29/h7-9,11-17H,3-5,18-21H2,1-2H3/b22-9+,27-17-. The van der Waals surface area contributed by atoms with Gasteiger partial charge in [0.05, 0.1) is 5.70 Å². The van der Waals surface area contributed by atoms with Crippen LogP contribution in [0, 0.1) is 18.8 Å². The first-order valence-electron chi connectivity index (χ1n) is 10.5. The van der Waals surface area contributed by atoms with E-state index in [0.29, 0.717) is 0 Å². The lowest BCUT2D eigenvalue weighted by atomic mass is 10.1. The molecule has 2 aromatic carbocycles. The van der Waals surface area contributed by atoms with Crippen molar-refractivity contribution in [2.75, 3.05) is 26.2 Å². The summed E-state index contributed by atoms with van der Waals surface area (Å²) >= 11 is 0. The highest BCUT2D eigenvalue weighted by molar-refractivity contribution is 5.69. The Bertz CT molecular complexity index is 951. The van der Waals surface area contributed by atoms with Crippen molar-refractivity contribution in [2.24, 2.45) is 4.99 Å². The molecule has 1 fully saturated rings. The minimum Gasteiger partial charge on any atom is -0.492 e. The van der Waals surface area contributed by atoms with Crippen LogP contribution in [-0.2, 0) is 0 Å². The maximum Gasteiger partial charge on any atom is 0.119 e. The SMILES string of the molecule is C=N/C(=C\C=C(/C)C#Cc1ccc(OCCN2CCCC2)cc1)c1ccc(C)cc1. The molecule has 30 heavy (non-hydrogen) atoms. The predicted molar refractivity (Wildman–Crippen MR) is 127 cm³/mol. The zero-order valence-corrected chi connectivity index (χ0v) is 18.0. The first-order chi connectivity index (χ1) is 14.6. The molecule has 0 aliphatic carbocycles. The molecule has 1 heterocycles. The summed E-state index contributed by atoms with van der Waals surface area (Å²) in [5.41, 5.74) is 5.05. The molecule has 0 N–H and O–H groups in total. The van der Waals surface area contributed by atoms with Gasteiger partial charge in [-0.3, -0.25) is 9.89 Å². The highest BCUT2D eigenvalue weighted by atomic mass is 16.5. The summed E-state index contributed by atoms with van der Waals surface area (Å²) in [5.74, 6) is 7.30. The molecule has 3 heteroatoms. The van der Waals surface area contributed by atoms with Gasteiger partial charge in [0.2, 0.25) is 0 Å². The molecule has 0 saturated carbocycles. The maximum atomic E-state index is 5.85. The molecule has 0 unspecified atom stereocenters. The third-order valence-electron chi connectivity index (χ3n) is 5.14. The van der Waals surface area contributed by atoms with E-state index in [1.54, 1.807) is 0 Å². The van der Waals surface area contributed by atoms with Crippen molar-refractivity contribution in [3.8, 4) is 17.6 Å². The molecule has 0 atom stereocenters. The first kappa shape index (κ1) is 21.6. The van der Waals surface area contributed by atoms with Crippen molar-refractivity contribution in [3.63, 3.8) is 0 Å². The Morgan fingerprint density at radius 1 is 1.07 bits per heavy atom. The Labute approximate surface area is 180 Å². The zero-order chi connectivity index (χ0) is 21.2. The second-order valence-electron chi connectivity index (χ2n) is 7.60. The molecule has 1 saturated heterocycles. The number of allylic oxidation sites excluding steroid dienone is 3. The fourth-order valence-corrected chi connectivity index (χ4v) is 3.31. The molecular weight excluding hydrogens is 368 g/mol. The van der Waals surface area contributed by atoms with Crippen molar-refractivity contribution in [1.82, 2.24) is 4.90 Å². The van der Waals surface area contributed by atoms with Gasteiger partial charge in [-0.1, -0.05) is 41.7 Å². The van der Waals surface area contributed by atoms with Crippen molar-refractivity contribution in [1.29, 1.82) is 0 Å². The van der Waals surface area contributed by atoms with Gasteiger partial charge < -0.3 is 4.74 Å². The van der Waals surface area contributed by atoms with Crippen LogP contribution in [-0.4, -0.2) is 37.9 Å². The van der Waals surface area contributed by atoms with E-state index in [2.05, 4.69) is 59.6 Å². The largest absolute Gasteiger partial charge is 0.492 e. The van der Waals surface area contributed by atoms with Gasteiger partial charge in [-0.25, -0.2) is 0 Å². The van der Waals surface area contributed by atoms with Crippen molar-refractivity contribution in [2.45, 2.75) is 26.7 Å². The van der Waals surface area contributed by atoms with Crippen molar-refractivity contribution >= 4 is 12.4 Å². The number of ether oxygens (including phenoxy) is 1. The average molecular weight is 399 g/mol. The molecule has 1 aliphatic rings. The third-order valence-corrected chi connectivity index (χ3v) is 5.14. The summed E-state index contributed by atoms with van der Waals surface area (Å²) in [7, 11) is 0. The number of aliphatic imine (C=N–C) groups is 1. The topological polar surface area (TPSA) is 24.8 Å². The molecule has 0 aromatic heterocycles. The molecule has 3 nitrogen and oxygen atoms in total. The fourth-order valence-electron chi connectivity index (χ4n) is 3.31. The molecule has 0 spiro atoms. The lowest BCUT2D eigenvalue weighted by molar-refractivity contribution is 0.238. The van der Waals surface area contributed by atoms with E-state index < -0.39 is 0 Å². The first-order valence-corrected chi connectivity index (χ1v) is 10.5. The van der Waals surface area contributed by atoms with Gasteiger partial charge in [-0.05, 0) is 88.5 Å².